The summed E-state index contributed by atoms with van der Waals surface area (Å²) in [6, 6.07) is 8.82. The Kier molecular flexibility index (Phi) is 5.59. The van der Waals surface area contributed by atoms with E-state index in [0.717, 1.165) is 18.0 Å². The fourth-order valence-electron chi connectivity index (χ4n) is 2.78. The number of ether oxygens (including phenoxy) is 1. The zero-order valence-corrected chi connectivity index (χ0v) is 13.0. The number of rotatable bonds is 6. The van der Waals surface area contributed by atoms with Gasteiger partial charge < -0.3 is 10.1 Å². The lowest BCUT2D eigenvalue weighted by Gasteiger charge is -2.35. The molecule has 1 aliphatic rings. The molecule has 3 unspecified atom stereocenters. The van der Waals surface area contributed by atoms with Gasteiger partial charge in [-0.2, -0.15) is 0 Å². The van der Waals surface area contributed by atoms with Gasteiger partial charge in [-0.1, -0.05) is 39.3 Å². The minimum Gasteiger partial charge on any atom is -0.487 e. The van der Waals surface area contributed by atoms with Crippen molar-refractivity contribution in [1.82, 2.24) is 5.32 Å². The van der Waals surface area contributed by atoms with E-state index in [-0.39, 0.29) is 6.10 Å². The van der Waals surface area contributed by atoms with Crippen LogP contribution >= 0.6 is 11.8 Å². The van der Waals surface area contributed by atoms with E-state index in [0.29, 0.717) is 12.0 Å². The summed E-state index contributed by atoms with van der Waals surface area (Å²) in [6.07, 6.45) is 2.77. The van der Waals surface area contributed by atoms with Crippen molar-refractivity contribution in [3.63, 3.8) is 0 Å². The number of likely N-dealkylation sites (N-methyl/N-ethyl adjacent to an activating group) is 1. The first-order chi connectivity index (χ1) is 9.26. The molecule has 0 saturated heterocycles. The lowest BCUT2D eigenvalue weighted by Crippen LogP contribution is -2.49. The van der Waals surface area contributed by atoms with Crippen molar-refractivity contribution in [1.29, 1.82) is 0 Å². The van der Waals surface area contributed by atoms with E-state index in [9.17, 15) is 0 Å². The molecule has 0 aliphatic carbocycles. The molecule has 2 nitrogen and oxygen atoms in total. The molecule has 1 aliphatic heterocycles. The first-order valence-corrected chi connectivity index (χ1v) is 8.36. The molecule has 1 aromatic carbocycles. The Labute approximate surface area is 121 Å². The third-order valence-corrected chi connectivity index (χ3v) is 4.87. The zero-order chi connectivity index (χ0) is 13.7. The quantitative estimate of drug-likeness (QED) is 0.852. The lowest BCUT2D eigenvalue weighted by molar-refractivity contribution is 0.134. The van der Waals surface area contributed by atoms with Crippen LogP contribution in [0.1, 0.15) is 33.6 Å². The normalized spacial score (nSPS) is 21.3. The molecule has 0 bridgehead atoms. The van der Waals surface area contributed by atoms with Gasteiger partial charge in [0, 0.05) is 16.7 Å². The van der Waals surface area contributed by atoms with Crippen molar-refractivity contribution in [3.8, 4) is 5.75 Å². The maximum Gasteiger partial charge on any atom is 0.133 e. The summed E-state index contributed by atoms with van der Waals surface area (Å²) in [5, 5.41) is 3.63. The standard InChI is InChI=1S/C16H25NOS/c1-4-8-12(3)16(17-5-2)14-11-19-15-10-7-6-9-13(15)18-14/h6-7,9-10,12,14,16-17H,4-5,8,11H2,1-3H3. The van der Waals surface area contributed by atoms with Gasteiger partial charge in [-0.25, -0.2) is 0 Å². The Balaban J connectivity index is 2.07. The second kappa shape index (κ2) is 7.20. The number of thioether (sulfide) groups is 1. The zero-order valence-electron chi connectivity index (χ0n) is 12.2. The van der Waals surface area contributed by atoms with Crippen LogP contribution in [0.25, 0.3) is 0 Å². The highest BCUT2D eigenvalue weighted by Crippen LogP contribution is 2.36. The Morgan fingerprint density at radius 3 is 2.89 bits per heavy atom. The molecule has 2 rings (SSSR count). The molecule has 3 heteroatoms. The van der Waals surface area contributed by atoms with Gasteiger partial charge in [0.1, 0.15) is 11.9 Å². The molecule has 0 radical (unpaired) electrons. The summed E-state index contributed by atoms with van der Waals surface area (Å²) < 4.78 is 6.23. The molecule has 0 saturated carbocycles. The van der Waals surface area contributed by atoms with Crippen molar-refractivity contribution in [2.45, 2.75) is 50.7 Å². The van der Waals surface area contributed by atoms with Crippen LogP contribution in [-0.2, 0) is 0 Å². The molecule has 1 heterocycles. The van der Waals surface area contributed by atoms with Crippen molar-refractivity contribution in [3.05, 3.63) is 24.3 Å². The smallest absolute Gasteiger partial charge is 0.133 e. The van der Waals surface area contributed by atoms with Crippen LogP contribution in [0, 0.1) is 5.92 Å². The third kappa shape index (κ3) is 3.67. The maximum absolute atomic E-state index is 6.23. The van der Waals surface area contributed by atoms with Gasteiger partial charge in [0.2, 0.25) is 0 Å². The number of nitrogens with one attached hydrogen (secondary N) is 1. The number of benzene rings is 1. The van der Waals surface area contributed by atoms with Gasteiger partial charge in [-0.15, -0.1) is 11.8 Å². The molecule has 0 fully saturated rings. The number of para-hydroxylation sites is 1. The third-order valence-electron chi connectivity index (χ3n) is 3.73. The second-order valence-corrected chi connectivity index (χ2v) is 6.33. The van der Waals surface area contributed by atoms with Crippen LogP contribution in [0.15, 0.2) is 29.2 Å². The minimum absolute atomic E-state index is 0.279. The lowest BCUT2D eigenvalue weighted by atomic mass is 9.93. The SMILES string of the molecule is CCCC(C)C(NCC)C1CSc2ccccc2O1. The summed E-state index contributed by atoms with van der Waals surface area (Å²) in [7, 11) is 0. The van der Waals surface area contributed by atoms with E-state index in [4.69, 9.17) is 4.74 Å². The monoisotopic (exact) mass is 279 g/mol. The van der Waals surface area contributed by atoms with Crippen LogP contribution in [0.2, 0.25) is 0 Å². The van der Waals surface area contributed by atoms with E-state index in [1.54, 1.807) is 0 Å². The average Bonchev–Trinajstić information content (AvgIpc) is 2.44. The Hall–Kier alpha value is -0.670. The molecule has 1 aromatic rings. The van der Waals surface area contributed by atoms with Gasteiger partial charge in [-0.3, -0.25) is 0 Å². The predicted octanol–water partition coefficient (Wildman–Crippen LogP) is 3.95. The molecule has 106 valence electrons. The molecule has 1 N–H and O–H groups in total. The Morgan fingerprint density at radius 2 is 2.16 bits per heavy atom. The molecule has 19 heavy (non-hydrogen) atoms. The number of hydrogen-bond donors (Lipinski definition) is 1. The molecule has 0 spiro atoms. The van der Waals surface area contributed by atoms with Crippen molar-refractivity contribution in [2.75, 3.05) is 12.3 Å². The van der Waals surface area contributed by atoms with E-state index < -0.39 is 0 Å². The van der Waals surface area contributed by atoms with Crippen molar-refractivity contribution >= 4 is 11.8 Å². The van der Waals surface area contributed by atoms with Gasteiger partial charge in [0.05, 0.1) is 0 Å². The van der Waals surface area contributed by atoms with Crippen LogP contribution in [0.5, 0.6) is 5.75 Å². The van der Waals surface area contributed by atoms with Crippen molar-refractivity contribution in [2.24, 2.45) is 5.92 Å². The highest BCUT2D eigenvalue weighted by atomic mass is 32.2. The van der Waals surface area contributed by atoms with E-state index >= 15 is 0 Å². The highest BCUT2D eigenvalue weighted by Gasteiger charge is 2.30. The van der Waals surface area contributed by atoms with Crippen molar-refractivity contribution < 1.29 is 4.74 Å². The molecule has 0 amide bonds. The van der Waals surface area contributed by atoms with Gasteiger partial charge in [0.25, 0.3) is 0 Å². The Bertz CT molecular complexity index is 396. The van der Waals surface area contributed by atoms with E-state index in [2.05, 4.69) is 50.4 Å². The first-order valence-electron chi connectivity index (χ1n) is 7.38. The minimum atomic E-state index is 0.279. The molecule has 3 atom stereocenters. The average molecular weight is 279 g/mol. The molecule has 0 aromatic heterocycles. The van der Waals surface area contributed by atoms with Gasteiger partial charge in [-0.05, 0) is 31.0 Å². The van der Waals surface area contributed by atoms with Crippen LogP contribution in [-0.4, -0.2) is 24.4 Å². The summed E-state index contributed by atoms with van der Waals surface area (Å²) in [5.41, 5.74) is 0. The van der Waals surface area contributed by atoms with E-state index in [1.165, 1.54) is 17.7 Å². The van der Waals surface area contributed by atoms with Crippen LogP contribution in [0.3, 0.4) is 0 Å². The maximum atomic E-state index is 6.23. The van der Waals surface area contributed by atoms with E-state index in [1.807, 2.05) is 11.8 Å². The summed E-state index contributed by atoms with van der Waals surface area (Å²) >= 11 is 1.92. The first kappa shape index (κ1) is 14.7. The number of hydrogen-bond acceptors (Lipinski definition) is 3. The fraction of sp³-hybridized carbons (Fsp3) is 0.625. The fourth-order valence-corrected chi connectivity index (χ4v) is 3.83. The summed E-state index contributed by atoms with van der Waals surface area (Å²) in [5.74, 6) is 2.75. The number of fused-ring (bicyclic) bond motifs is 1. The predicted molar refractivity (Wildman–Crippen MR) is 83.1 cm³/mol. The molecular formula is C16H25NOS. The summed E-state index contributed by atoms with van der Waals surface area (Å²) in [6.45, 7) is 7.77. The summed E-state index contributed by atoms with van der Waals surface area (Å²) in [4.78, 5) is 1.28. The molecular weight excluding hydrogens is 254 g/mol. The van der Waals surface area contributed by atoms with Gasteiger partial charge in [0.15, 0.2) is 0 Å². The Morgan fingerprint density at radius 1 is 1.37 bits per heavy atom. The van der Waals surface area contributed by atoms with Crippen LogP contribution < -0.4 is 10.1 Å². The largest absolute Gasteiger partial charge is 0.487 e. The topological polar surface area (TPSA) is 21.3 Å². The highest BCUT2D eigenvalue weighted by molar-refractivity contribution is 7.99. The van der Waals surface area contributed by atoms with Crippen LogP contribution in [0.4, 0.5) is 0 Å². The van der Waals surface area contributed by atoms with Gasteiger partial charge >= 0.3 is 0 Å². The second-order valence-electron chi connectivity index (χ2n) is 5.26.